The van der Waals surface area contributed by atoms with Crippen molar-refractivity contribution in [1.29, 1.82) is 5.26 Å². The Balaban J connectivity index is 2.12. The van der Waals surface area contributed by atoms with Gasteiger partial charge in [-0.05, 0) is 105 Å². The van der Waals surface area contributed by atoms with Crippen LogP contribution in [0.5, 0.6) is 0 Å². The molecule has 130 valence electrons. The lowest BCUT2D eigenvalue weighted by Crippen LogP contribution is -2.25. The van der Waals surface area contributed by atoms with Crippen molar-refractivity contribution in [3.05, 3.63) is 54.7 Å². The molecule has 1 nitrogen and oxygen atoms in total. The van der Waals surface area contributed by atoms with E-state index in [0.29, 0.717) is 6.42 Å². The highest BCUT2D eigenvalue weighted by Crippen LogP contribution is 2.54. The topological polar surface area (TPSA) is 23.8 Å². The highest BCUT2D eigenvalue weighted by Gasteiger charge is 2.42. The Morgan fingerprint density at radius 1 is 0.880 bits per heavy atom. The number of hydrogen-bond donors (Lipinski definition) is 0. The molecule has 2 aromatic rings. The average Bonchev–Trinajstić information content (AvgIpc) is 2.86. The molecule has 0 saturated carbocycles. The molecule has 0 radical (unpaired) electrons. The number of nitriles is 1. The monoisotopic (exact) mass is 555 g/mol. The zero-order chi connectivity index (χ0) is 17.9. The van der Waals surface area contributed by atoms with Crippen LogP contribution < -0.4 is 0 Å². The van der Waals surface area contributed by atoms with Gasteiger partial charge in [0.1, 0.15) is 0 Å². The van der Waals surface area contributed by atoms with Gasteiger partial charge < -0.3 is 0 Å². The van der Waals surface area contributed by atoms with Gasteiger partial charge in [0.15, 0.2) is 0 Å². The number of halogens is 2. The summed E-state index contributed by atoms with van der Waals surface area (Å²) >= 11 is 4.84. The molecule has 0 bridgehead atoms. The molecule has 0 aliphatic heterocycles. The summed E-state index contributed by atoms with van der Waals surface area (Å²) in [4.78, 5) is 0. The molecule has 3 heteroatoms. The van der Waals surface area contributed by atoms with E-state index in [1.807, 2.05) is 0 Å². The molecule has 0 fully saturated rings. The molecule has 25 heavy (non-hydrogen) atoms. The van der Waals surface area contributed by atoms with Crippen molar-refractivity contribution >= 4 is 45.2 Å². The maximum absolute atomic E-state index is 9.30. The van der Waals surface area contributed by atoms with E-state index in [1.165, 1.54) is 55.1 Å². The van der Waals surface area contributed by atoms with E-state index in [9.17, 15) is 5.26 Å². The van der Waals surface area contributed by atoms with Gasteiger partial charge >= 0.3 is 0 Å². The lowest BCUT2D eigenvalue weighted by Gasteiger charge is -2.32. The van der Waals surface area contributed by atoms with Crippen LogP contribution >= 0.6 is 45.2 Å². The minimum atomic E-state index is 0.0104. The predicted octanol–water partition coefficient (Wildman–Crippen LogP) is 7.44. The maximum Gasteiger partial charge on any atom is 0.0622 e. The molecule has 0 atom stereocenters. The summed E-state index contributed by atoms with van der Waals surface area (Å²) in [5.74, 6) is 0. The summed E-state index contributed by atoms with van der Waals surface area (Å²) in [5, 5.41) is 9.30. The van der Waals surface area contributed by atoms with Crippen molar-refractivity contribution in [2.45, 2.75) is 57.3 Å². The van der Waals surface area contributed by atoms with Gasteiger partial charge in [-0.25, -0.2) is 0 Å². The highest BCUT2D eigenvalue weighted by atomic mass is 127. The van der Waals surface area contributed by atoms with Gasteiger partial charge in [-0.3, -0.25) is 0 Å². The Bertz CT molecular complexity index is 753. The van der Waals surface area contributed by atoms with E-state index in [1.54, 1.807) is 0 Å². The van der Waals surface area contributed by atoms with Gasteiger partial charge in [-0.15, -0.1) is 0 Å². The predicted molar refractivity (Wildman–Crippen MR) is 122 cm³/mol. The van der Waals surface area contributed by atoms with Crippen molar-refractivity contribution < 1.29 is 0 Å². The number of nitrogens with zero attached hydrogens (tertiary/aromatic N) is 1. The second-order valence-corrected chi connectivity index (χ2v) is 9.42. The van der Waals surface area contributed by atoms with Crippen molar-refractivity contribution in [2.75, 3.05) is 0 Å². The van der Waals surface area contributed by atoms with E-state index in [2.05, 4.69) is 94.6 Å². The van der Waals surface area contributed by atoms with Crippen LogP contribution in [0.2, 0.25) is 0 Å². The fourth-order valence-electron chi connectivity index (χ4n) is 4.23. The van der Waals surface area contributed by atoms with Crippen LogP contribution in [0.15, 0.2) is 36.4 Å². The zero-order valence-corrected chi connectivity index (χ0v) is 18.9. The first-order valence-corrected chi connectivity index (χ1v) is 11.3. The Labute approximate surface area is 178 Å². The first-order valence-electron chi connectivity index (χ1n) is 9.10. The molecule has 1 aliphatic carbocycles. The van der Waals surface area contributed by atoms with Crippen molar-refractivity contribution in [1.82, 2.24) is 0 Å². The first kappa shape index (κ1) is 19.2. The number of rotatable bonds is 7. The van der Waals surface area contributed by atoms with Crippen LogP contribution in [0.1, 0.15) is 63.0 Å². The Kier molecular flexibility index (Phi) is 6.43. The van der Waals surface area contributed by atoms with Gasteiger partial charge in [0.25, 0.3) is 0 Å². The largest absolute Gasteiger partial charge is 0.198 e. The first-order chi connectivity index (χ1) is 12.1. The fourth-order valence-corrected chi connectivity index (χ4v) is 5.21. The molecule has 1 aliphatic rings. The van der Waals surface area contributed by atoms with Crippen LogP contribution in [0, 0.1) is 18.5 Å². The summed E-state index contributed by atoms with van der Waals surface area (Å²) in [7, 11) is 0. The quantitative estimate of drug-likeness (QED) is 0.258. The zero-order valence-electron chi connectivity index (χ0n) is 14.6. The molecule has 0 N–H and O–H groups in total. The minimum absolute atomic E-state index is 0.0104. The van der Waals surface area contributed by atoms with E-state index < -0.39 is 0 Å². The van der Waals surface area contributed by atoms with Gasteiger partial charge in [0.2, 0.25) is 0 Å². The molecule has 0 aromatic heterocycles. The Morgan fingerprint density at radius 2 is 1.48 bits per heavy atom. The van der Waals surface area contributed by atoms with E-state index >= 15 is 0 Å². The summed E-state index contributed by atoms with van der Waals surface area (Å²) in [6.07, 6.45) is 7.76. The third kappa shape index (κ3) is 3.75. The van der Waals surface area contributed by atoms with Crippen molar-refractivity contribution in [2.24, 2.45) is 0 Å². The van der Waals surface area contributed by atoms with Gasteiger partial charge in [-0.1, -0.05) is 44.7 Å². The number of fused-ring (bicyclic) bond motifs is 3. The molecular formula is C22H23I2N. The number of unbranched alkanes of at least 4 members (excludes halogenated alkanes) is 3. The van der Waals surface area contributed by atoms with Crippen LogP contribution in [0.3, 0.4) is 0 Å². The smallest absolute Gasteiger partial charge is 0.0622 e. The van der Waals surface area contributed by atoms with E-state index in [4.69, 9.17) is 0 Å². The van der Waals surface area contributed by atoms with Crippen molar-refractivity contribution in [3.63, 3.8) is 0 Å². The summed E-state index contributed by atoms with van der Waals surface area (Å²) < 4.78 is 2.57. The molecule has 0 unspecified atom stereocenters. The Morgan fingerprint density at radius 3 is 2.00 bits per heavy atom. The van der Waals surface area contributed by atoms with Crippen LogP contribution in [0.25, 0.3) is 11.1 Å². The highest BCUT2D eigenvalue weighted by molar-refractivity contribution is 14.1. The van der Waals surface area contributed by atoms with Gasteiger partial charge in [-0.2, -0.15) is 5.26 Å². The SMILES string of the molecule is CCCCCCC1(CCC#N)c2cc(I)ccc2-c2ccc(I)cc21. The fraction of sp³-hybridized carbons (Fsp3) is 0.409. The summed E-state index contributed by atoms with van der Waals surface area (Å²) in [6.45, 7) is 2.26. The molecule has 2 aromatic carbocycles. The Hall–Kier alpha value is -0.610. The standard InChI is InChI=1S/C22H23I2N/c1-2-3-4-5-11-22(12-6-13-25)20-14-16(23)7-9-18(20)19-10-8-17(24)15-21(19)22/h7-10,14-15H,2-6,11-12H2,1H3. The van der Waals surface area contributed by atoms with E-state index in [0.717, 1.165) is 12.8 Å². The molecule has 0 spiro atoms. The van der Waals surface area contributed by atoms with E-state index in [-0.39, 0.29) is 5.41 Å². The van der Waals surface area contributed by atoms with Gasteiger partial charge in [0.05, 0.1) is 6.07 Å². The number of hydrogen-bond acceptors (Lipinski definition) is 1. The van der Waals surface area contributed by atoms with Crippen molar-refractivity contribution in [3.8, 4) is 17.2 Å². The third-order valence-corrected chi connectivity index (χ3v) is 6.75. The normalized spacial score (nSPS) is 14.0. The molecule has 0 heterocycles. The molecule has 0 amide bonds. The number of benzene rings is 2. The lowest BCUT2D eigenvalue weighted by molar-refractivity contribution is 0.425. The second-order valence-electron chi connectivity index (χ2n) is 6.93. The maximum atomic E-state index is 9.30. The van der Waals surface area contributed by atoms with Crippen LogP contribution in [0.4, 0.5) is 0 Å². The van der Waals surface area contributed by atoms with Crippen LogP contribution in [-0.4, -0.2) is 0 Å². The second kappa shape index (κ2) is 8.39. The van der Waals surface area contributed by atoms with Crippen LogP contribution in [-0.2, 0) is 5.41 Å². The molecule has 0 saturated heterocycles. The molecule has 3 rings (SSSR count). The average molecular weight is 555 g/mol. The third-order valence-electron chi connectivity index (χ3n) is 5.41. The van der Waals surface area contributed by atoms with Gasteiger partial charge in [0, 0.05) is 19.0 Å². The minimum Gasteiger partial charge on any atom is -0.198 e. The summed E-state index contributed by atoms with van der Waals surface area (Å²) in [6, 6.07) is 16.1. The summed E-state index contributed by atoms with van der Waals surface area (Å²) in [5.41, 5.74) is 5.66. The lowest BCUT2D eigenvalue weighted by atomic mass is 9.71. The molecular weight excluding hydrogens is 532 g/mol.